The number of halogens is 1. The monoisotopic (exact) mass is 424 g/mol. The largest absolute Gasteiger partial charge is 0.369 e. The van der Waals surface area contributed by atoms with Gasteiger partial charge in [-0.3, -0.25) is 34.3 Å². The van der Waals surface area contributed by atoms with E-state index in [0.29, 0.717) is 15.9 Å². The predicted octanol–water partition coefficient (Wildman–Crippen LogP) is 1.15. The highest BCUT2D eigenvalue weighted by molar-refractivity contribution is 6.23. The minimum atomic E-state index is -3.33. The van der Waals surface area contributed by atoms with Crippen LogP contribution in [0, 0.1) is 5.82 Å². The molecule has 0 saturated carbocycles. The molecule has 1 aromatic rings. The maximum Gasteiger partial charge on any atom is 0.265 e. The van der Waals surface area contributed by atoms with Crippen LogP contribution in [0.3, 0.4) is 0 Å². The Bertz CT molecular complexity index is 1250. The van der Waals surface area contributed by atoms with Gasteiger partial charge < -0.3 is 4.90 Å². The second-order valence-corrected chi connectivity index (χ2v) is 8.09. The average molecular weight is 425 g/mol. The molecule has 30 heavy (non-hydrogen) atoms. The smallest absolute Gasteiger partial charge is 0.265 e. The van der Waals surface area contributed by atoms with Crippen molar-refractivity contribution in [3.63, 3.8) is 0 Å². The molecular formula is C21H25FN4O4. The standard InChI is InChI=1S/C21H25FN4O4/c1-21(2,3)25-8-6-24(7-9-25)12-10-13-17(14(22)11-12)20(30)26(19(13)29)15-4-5-16(27)23-18(15)28/h10-11,15H,4-9H2,1-3H3,(H,23,27,28)/i6D2,7D2,8D2,9D2. The van der Waals surface area contributed by atoms with Crippen LogP contribution in [0.15, 0.2) is 12.1 Å². The van der Waals surface area contributed by atoms with E-state index in [0.717, 1.165) is 6.07 Å². The number of fused-ring (bicyclic) bond motifs is 1. The van der Waals surface area contributed by atoms with E-state index < -0.39 is 83.8 Å². The van der Waals surface area contributed by atoms with Gasteiger partial charge >= 0.3 is 0 Å². The van der Waals surface area contributed by atoms with Crippen LogP contribution in [-0.2, 0) is 9.59 Å². The minimum Gasteiger partial charge on any atom is -0.369 e. The third kappa shape index (κ3) is 3.36. The SMILES string of the molecule is [2H]C1([2H])N(c2cc(F)c3c(c2)C(=O)N(C2CCC(=O)NC2=O)C3=O)C([2H])([2H])C([2H])([2H])N(C(C)(C)C)C1([2H])[2H]. The van der Waals surface area contributed by atoms with Gasteiger partial charge in [-0.25, -0.2) is 4.39 Å². The van der Waals surface area contributed by atoms with Gasteiger partial charge in [-0.15, -0.1) is 0 Å². The molecule has 0 aromatic heterocycles. The molecule has 0 spiro atoms. The van der Waals surface area contributed by atoms with E-state index in [1.54, 1.807) is 0 Å². The number of anilines is 1. The molecular weight excluding hydrogens is 391 g/mol. The highest BCUT2D eigenvalue weighted by Crippen LogP contribution is 2.33. The Morgan fingerprint density at radius 2 is 1.73 bits per heavy atom. The molecule has 3 heterocycles. The van der Waals surface area contributed by atoms with Crippen LogP contribution in [0.2, 0.25) is 0 Å². The van der Waals surface area contributed by atoms with Gasteiger partial charge in [0.05, 0.1) is 16.6 Å². The lowest BCUT2D eigenvalue weighted by Gasteiger charge is -2.43. The Balaban J connectivity index is 1.87. The fourth-order valence-corrected chi connectivity index (χ4v) is 3.38. The van der Waals surface area contributed by atoms with Crippen molar-refractivity contribution in [1.82, 2.24) is 15.1 Å². The molecule has 0 bridgehead atoms. The van der Waals surface area contributed by atoms with E-state index in [4.69, 9.17) is 11.0 Å². The first kappa shape index (κ1) is 12.8. The fraction of sp³-hybridized carbons (Fsp3) is 0.524. The Kier molecular flexibility index (Phi) is 3.05. The maximum absolute atomic E-state index is 15.4. The molecule has 0 aliphatic carbocycles. The van der Waals surface area contributed by atoms with E-state index in [1.165, 1.54) is 20.8 Å². The van der Waals surface area contributed by atoms with Crippen molar-refractivity contribution in [1.29, 1.82) is 0 Å². The van der Waals surface area contributed by atoms with E-state index in [2.05, 4.69) is 0 Å². The van der Waals surface area contributed by atoms with E-state index in [1.807, 2.05) is 5.32 Å². The van der Waals surface area contributed by atoms with Gasteiger partial charge in [-0.2, -0.15) is 0 Å². The number of carbonyl (C=O) groups excluding carboxylic acids is 4. The van der Waals surface area contributed by atoms with Gasteiger partial charge in [0.2, 0.25) is 11.8 Å². The van der Waals surface area contributed by atoms with Gasteiger partial charge in [-0.1, -0.05) is 0 Å². The van der Waals surface area contributed by atoms with Crippen molar-refractivity contribution in [2.45, 2.75) is 45.2 Å². The predicted molar refractivity (Wildman–Crippen MR) is 107 cm³/mol. The molecule has 0 radical (unpaired) electrons. The first-order valence-electron chi connectivity index (χ1n) is 13.3. The molecule has 1 aromatic carbocycles. The van der Waals surface area contributed by atoms with Crippen molar-refractivity contribution < 1.29 is 34.5 Å². The summed E-state index contributed by atoms with van der Waals surface area (Å²) in [6.07, 6.45) is -0.384. The first-order valence-corrected chi connectivity index (χ1v) is 9.26. The van der Waals surface area contributed by atoms with Crippen molar-refractivity contribution in [3.05, 3.63) is 29.1 Å². The number of piperazine rings is 1. The van der Waals surface area contributed by atoms with Crippen LogP contribution in [0.5, 0.6) is 0 Å². The van der Waals surface area contributed by atoms with Crippen LogP contribution in [0.1, 0.15) is 65.3 Å². The third-order valence-corrected chi connectivity index (χ3v) is 4.95. The molecule has 3 aliphatic heterocycles. The highest BCUT2D eigenvalue weighted by atomic mass is 19.1. The lowest BCUT2D eigenvalue weighted by molar-refractivity contribution is -0.136. The number of hydrogen-bond donors (Lipinski definition) is 1. The number of nitrogens with one attached hydrogen (secondary N) is 1. The summed E-state index contributed by atoms with van der Waals surface area (Å²) < 4.78 is 83.7. The van der Waals surface area contributed by atoms with Crippen molar-refractivity contribution in [2.75, 3.05) is 30.9 Å². The normalized spacial score (nSPS) is 33.8. The Morgan fingerprint density at radius 1 is 1.07 bits per heavy atom. The molecule has 8 nitrogen and oxygen atoms in total. The first-order chi connectivity index (χ1) is 17.1. The Labute approximate surface area is 185 Å². The van der Waals surface area contributed by atoms with Gasteiger partial charge in [-0.05, 0) is 39.3 Å². The number of piperidine rings is 1. The average Bonchev–Trinajstić information content (AvgIpc) is 2.96. The van der Waals surface area contributed by atoms with Crippen molar-refractivity contribution >= 4 is 29.3 Å². The maximum atomic E-state index is 15.4. The van der Waals surface area contributed by atoms with E-state index in [9.17, 15) is 19.2 Å². The summed E-state index contributed by atoms with van der Waals surface area (Å²) in [5, 5.41) is 1.99. The third-order valence-electron chi connectivity index (χ3n) is 4.95. The summed E-state index contributed by atoms with van der Waals surface area (Å²) in [6.45, 7) is -8.88. The second kappa shape index (κ2) is 7.16. The van der Waals surface area contributed by atoms with Gasteiger partial charge in [0, 0.05) is 49.1 Å². The molecule has 2 saturated heterocycles. The highest BCUT2D eigenvalue weighted by Gasteiger charge is 2.46. The number of carbonyl (C=O) groups is 4. The quantitative estimate of drug-likeness (QED) is 0.717. The van der Waals surface area contributed by atoms with Crippen molar-refractivity contribution in [3.8, 4) is 0 Å². The zero-order chi connectivity index (χ0) is 29.0. The molecule has 4 rings (SSSR count). The summed E-state index contributed by atoms with van der Waals surface area (Å²) in [4.78, 5) is 50.9. The second-order valence-electron chi connectivity index (χ2n) is 8.09. The van der Waals surface area contributed by atoms with Gasteiger partial charge in [0.15, 0.2) is 0 Å². The van der Waals surface area contributed by atoms with Crippen LogP contribution in [0.25, 0.3) is 0 Å². The molecule has 1 atom stereocenters. The molecule has 1 unspecified atom stereocenters. The van der Waals surface area contributed by atoms with Crippen molar-refractivity contribution in [2.24, 2.45) is 0 Å². The zero-order valence-electron chi connectivity index (χ0n) is 24.5. The summed E-state index contributed by atoms with van der Waals surface area (Å²) >= 11 is 0. The number of benzene rings is 1. The molecule has 4 amide bonds. The van der Waals surface area contributed by atoms with E-state index in [-0.39, 0.29) is 17.7 Å². The Hall–Kier alpha value is -2.81. The topological polar surface area (TPSA) is 90.0 Å². The summed E-state index contributed by atoms with van der Waals surface area (Å²) in [5.74, 6) is -5.27. The number of imide groups is 2. The van der Waals surface area contributed by atoms with Crippen LogP contribution >= 0.6 is 0 Å². The molecule has 2 fully saturated rings. The minimum absolute atomic E-state index is 0.0952. The molecule has 9 heteroatoms. The summed E-state index contributed by atoms with van der Waals surface area (Å²) in [5.41, 5.74) is -3.54. The molecule has 160 valence electrons. The lowest BCUT2D eigenvalue weighted by atomic mass is 10.0. The number of amides is 4. The van der Waals surface area contributed by atoms with Crippen LogP contribution in [0.4, 0.5) is 10.1 Å². The molecule has 3 aliphatic rings. The van der Waals surface area contributed by atoms with E-state index >= 15 is 4.39 Å². The number of hydrogen-bond acceptors (Lipinski definition) is 6. The van der Waals surface area contributed by atoms with Crippen LogP contribution in [-0.4, -0.2) is 71.0 Å². The van der Waals surface area contributed by atoms with Gasteiger partial charge in [0.1, 0.15) is 11.9 Å². The summed E-state index contributed by atoms with van der Waals surface area (Å²) in [7, 11) is 0. The lowest BCUT2D eigenvalue weighted by Crippen LogP contribution is -2.54. The number of nitrogens with zero attached hydrogens (tertiary/aromatic N) is 3. The fourth-order valence-electron chi connectivity index (χ4n) is 3.38. The molecule has 1 N–H and O–H groups in total. The summed E-state index contributed by atoms with van der Waals surface area (Å²) in [6, 6.07) is -0.120. The Morgan fingerprint density at radius 3 is 2.33 bits per heavy atom. The number of rotatable bonds is 2. The van der Waals surface area contributed by atoms with Crippen LogP contribution < -0.4 is 10.2 Å². The zero-order valence-corrected chi connectivity index (χ0v) is 16.5. The van der Waals surface area contributed by atoms with Gasteiger partial charge in [0.25, 0.3) is 11.8 Å².